The average Bonchev–Trinajstić information content (AvgIpc) is 1.69. The molecule has 7 heavy (non-hydrogen) atoms. The first kappa shape index (κ1) is 6.99. The van der Waals surface area contributed by atoms with Gasteiger partial charge in [0.15, 0.2) is 0 Å². The molecule has 2 nitrogen and oxygen atoms in total. The zero-order valence-corrected chi connectivity index (χ0v) is 5.51. The quantitative estimate of drug-likeness (QED) is 0.256. The van der Waals surface area contributed by atoms with Crippen LogP contribution in [0.1, 0.15) is 6.92 Å². The van der Waals surface area contributed by atoms with Gasteiger partial charge in [0.05, 0.1) is 0 Å². The SMILES string of the molecule is CCSSOC#N. The number of hydrogen-bond donors (Lipinski definition) is 0. The lowest BCUT2D eigenvalue weighted by molar-refractivity contribution is 0.604. The molecule has 0 spiro atoms. The third-order valence-corrected chi connectivity index (χ3v) is 1.91. The van der Waals surface area contributed by atoms with E-state index in [0.717, 1.165) is 16.8 Å². The molecule has 0 heterocycles. The second-order valence-corrected chi connectivity index (χ2v) is 2.88. The minimum Gasteiger partial charge on any atom is -0.340 e. The van der Waals surface area contributed by atoms with Gasteiger partial charge in [-0.25, -0.2) is 0 Å². The summed E-state index contributed by atoms with van der Waals surface area (Å²) < 4.78 is 4.26. The van der Waals surface area contributed by atoms with Gasteiger partial charge in [-0.1, -0.05) is 17.7 Å². The molecule has 0 N–H and O–H groups in total. The van der Waals surface area contributed by atoms with Gasteiger partial charge in [0, 0.05) is 5.75 Å². The number of hydrogen-bond acceptors (Lipinski definition) is 4. The van der Waals surface area contributed by atoms with Gasteiger partial charge in [-0.05, 0) is 0 Å². The lowest BCUT2D eigenvalue weighted by Crippen LogP contribution is -1.59. The fourth-order valence-electron chi connectivity index (χ4n) is 0.0874. The summed E-state index contributed by atoms with van der Waals surface area (Å²) in [6.45, 7) is 2.00. The Kier molecular flexibility index (Phi) is 5.98. The molecule has 0 aromatic carbocycles. The Morgan fingerprint density at radius 2 is 2.57 bits per heavy atom. The van der Waals surface area contributed by atoms with E-state index in [1.165, 1.54) is 10.8 Å². The monoisotopic (exact) mass is 135 g/mol. The van der Waals surface area contributed by atoms with Crippen LogP contribution in [-0.4, -0.2) is 5.75 Å². The van der Waals surface area contributed by atoms with Crippen LogP contribution in [-0.2, 0) is 4.18 Å². The Bertz CT molecular complexity index is 69.8. The first-order valence-electron chi connectivity index (χ1n) is 1.76. The van der Waals surface area contributed by atoms with Crippen LogP contribution < -0.4 is 0 Å². The molecule has 0 fully saturated rings. The van der Waals surface area contributed by atoms with E-state index in [2.05, 4.69) is 4.18 Å². The van der Waals surface area contributed by atoms with Crippen molar-refractivity contribution in [3.63, 3.8) is 0 Å². The summed E-state index contributed by atoms with van der Waals surface area (Å²) in [5.41, 5.74) is 0. The highest BCUT2D eigenvalue weighted by atomic mass is 33.1. The summed E-state index contributed by atoms with van der Waals surface area (Å²) in [5.74, 6) is 0.965. The second kappa shape index (κ2) is 5.99. The van der Waals surface area contributed by atoms with Gasteiger partial charge in [0.2, 0.25) is 0 Å². The maximum Gasteiger partial charge on any atom is 0.300 e. The van der Waals surface area contributed by atoms with Crippen molar-refractivity contribution in [2.45, 2.75) is 6.92 Å². The molecule has 0 bridgehead atoms. The molecule has 0 unspecified atom stereocenters. The third-order valence-electron chi connectivity index (χ3n) is 0.237. The van der Waals surface area contributed by atoms with Crippen molar-refractivity contribution in [3.8, 4) is 6.26 Å². The van der Waals surface area contributed by atoms with Crippen LogP contribution in [0, 0.1) is 11.5 Å². The Hall–Kier alpha value is -0.0100. The molecular weight excluding hydrogens is 130 g/mol. The molecule has 0 saturated heterocycles. The highest BCUT2D eigenvalue weighted by molar-refractivity contribution is 8.74. The van der Waals surface area contributed by atoms with Crippen LogP contribution in [0.2, 0.25) is 0 Å². The third kappa shape index (κ3) is 5.99. The molecule has 0 rings (SSSR count). The van der Waals surface area contributed by atoms with E-state index >= 15 is 0 Å². The van der Waals surface area contributed by atoms with Crippen LogP contribution in [0.4, 0.5) is 0 Å². The summed E-state index contributed by atoms with van der Waals surface area (Å²) in [6, 6.07) is 0. The second-order valence-electron chi connectivity index (χ2n) is 0.649. The van der Waals surface area contributed by atoms with Crippen molar-refractivity contribution in [1.82, 2.24) is 0 Å². The first-order chi connectivity index (χ1) is 3.41. The Morgan fingerprint density at radius 1 is 1.86 bits per heavy atom. The van der Waals surface area contributed by atoms with Gasteiger partial charge in [-0.3, -0.25) is 0 Å². The number of rotatable bonds is 3. The van der Waals surface area contributed by atoms with Gasteiger partial charge >= 0.3 is 6.26 Å². The van der Waals surface area contributed by atoms with Crippen molar-refractivity contribution in [3.05, 3.63) is 0 Å². The van der Waals surface area contributed by atoms with E-state index in [1.807, 2.05) is 6.92 Å². The van der Waals surface area contributed by atoms with Crippen molar-refractivity contribution in [2.24, 2.45) is 0 Å². The molecular formula is C3H5NOS2. The number of nitriles is 1. The predicted molar refractivity (Wildman–Crippen MR) is 32.4 cm³/mol. The molecule has 0 aromatic heterocycles. The molecule has 0 aliphatic carbocycles. The lowest BCUT2D eigenvalue weighted by Gasteiger charge is -1.84. The molecule has 0 aliphatic heterocycles. The summed E-state index contributed by atoms with van der Waals surface area (Å²) in [7, 11) is 1.50. The van der Waals surface area contributed by atoms with Gasteiger partial charge in [-0.2, -0.15) is 0 Å². The van der Waals surface area contributed by atoms with Crippen molar-refractivity contribution in [2.75, 3.05) is 5.75 Å². The van der Waals surface area contributed by atoms with Gasteiger partial charge in [-0.15, -0.1) is 5.26 Å². The Morgan fingerprint density at radius 3 is 3.00 bits per heavy atom. The van der Waals surface area contributed by atoms with Crippen molar-refractivity contribution >= 4 is 21.9 Å². The van der Waals surface area contributed by atoms with Crippen LogP contribution >= 0.6 is 21.9 Å². The minimum absolute atomic E-state index is 0.965. The van der Waals surface area contributed by atoms with Crippen LogP contribution in [0.15, 0.2) is 0 Å². The Labute approximate surface area is 50.8 Å². The van der Waals surface area contributed by atoms with E-state index in [4.69, 9.17) is 5.26 Å². The molecule has 0 aliphatic rings. The summed E-state index contributed by atoms with van der Waals surface area (Å²) >= 11 is 1.11. The van der Waals surface area contributed by atoms with E-state index in [1.54, 1.807) is 6.26 Å². The highest BCUT2D eigenvalue weighted by Crippen LogP contribution is 2.20. The lowest BCUT2D eigenvalue weighted by atomic mass is 11.0. The normalized spacial score (nSPS) is 7.43. The van der Waals surface area contributed by atoms with E-state index in [-0.39, 0.29) is 0 Å². The summed E-state index contributed by atoms with van der Waals surface area (Å²) in [5, 5.41) is 7.79. The molecule has 0 saturated carbocycles. The van der Waals surface area contributed by atoms with Crippen molar-refractivity contribution < 1.29 is 4.18 Å². The van der Waals surface area contributed by atoms with Crippen LogP contribution in [0.25, 0.3) is 0 Å². The molecule has 0 amide bonds. The molecule has 0 atom stereocenters. The first-order valence-corrected chi connectivity index (χ1v) is 4.00. The summed E-state index contributed by atoms with van der Waals surface area (Å²) in [6.07, 6.45) is 1.54. The zero-order chi connectivity index (χ0) is 5.54. The van der Waals surface area contributed by atoms with Gasteiger partial charge < -0.3 is 4.18 Å². The fraction of sp³-hybridized carbons (Fsp3) is 0.667. The molecule has 4 heteroatoms. The van der Waals surface area contributed by atoms with Gasteiger partial charge in [0.25, 0.3) is 0 Å². The minimum atomic E-state index is 0.965. The maximum absolute atomic E-state index is 7.79. The summed E-state index contributed by atoms with van der Waals surface area (Å²) in [4.78, 5) is 0. The average molecular weight is 135 g/mol. The van der Waals surface area contributed by atoms with Gasteiger partial charge in [0.1, 0.15) is 11.1 Å². The van der Waals surface area contributed by atoms with E-state index < -0.39 is 0 Å². The fourth-order valence-corrected chi connectivity index (χ4v) is 0.786. The van der Waals surface area contributed by atoms with Crippen molar-refractivity contribution in [1.29, 1.82) is 5.26 Å². The molecule has 40 valence electrons. The zero-order valence-electron chi connectivity index (χ0n) is 3.88. The van der Waals surface area contributed by atoms with E-state index in [9.17, 15) is 0 Å². The van der Waals surface area contributed by atoms with Crippen LogP contribution in [0.5, 0.6) is 0 Å². The molecule has 0 aromatic rings. The Balaban J connectivity index is 2.60. The topological polar surface area (TPSA) is 33.0 Å². The molecule has 0 radical (unpaired) electrons. The largest absolute Gasteiger partial charge is 0.340 e. The van der Waals surface area contributed by atoms with Crippen LogP contribution in [0.3, 0.4) is 0 Å². The smallest absolute Gasteiger partial charge is 0.300 e. The predicted octanol–water partition coefficient (Wildman–Crippen LogP) is 1.80. The standard InChI is InChI=1S/C3H5NOS2/c1-2-6-7-5-3-4/h2H2,1H3. The van der Waals surface area contributed by atoms with E-state index in [0.29, 0.717) is 0 Å². The number of nitrogens with zero attached hydrogens (tertiary/aromatic N) is 1. The maximum atomic E-state index is 7.79. The highest BCUT2D eigenvalue weighted by Gasteiger charge is 1.81.